The highest BCUT2D eigenvalue weighted by atomic mass is 79.9. The molecule has 0 bridgehead atoms. The van der Waals surface area contributed by atoms with Crippen molar-refractivity contribution in [3.63, 3.8) is 0 Å². The van der Waals surface area contributed by atoms with Gasteiger partial charge in [-0.1, -0.05) is 28.8 Å². The number of sulfone groups is 1. The minimum Gasteiger partial charge on any atom is -0.220 e. The summed E-state index contributed by atoms with van der Waals surface area (Å²) in [4.78, 5) is 0. The van der Waals surface area contributed by atoms with Crippen molar-refractivity contribution < 1.29 is 21.6 Å². The normalized spacial score (nSPS) is 13.1. The van der Waals surface area contributed by atoms with E-state index in [1.54, 1.807) is 0 Å². The van der Waals surface area contributed by atoms with Gasteiger partial charge in [0.05, 0.1) is 5.75 Å². The Balaban J connectivity index is 3.80. The van der Waals surface area contributed by atoms with Crippen LogP contribution in [-0.2, 0) is 9.84 Å². The van der Waals surface area contributed by atoms with Crippen LogP contribution in [0.25, 0.3) is 0 Å². The van der Waals surface area contributed by atoms with E-state index in [1.165, 1.54) is 0 Å². The molecule has 0 rings (SSSR count). The molecule has 0 aromatic rings. The Morgan fingerprint density at radius 1 is 1.00 bits per heavy atom. The van der Waals surface area contributed by atoms with Crippen molar-refractivity contribution in [1.29, 1.82) is 0 Å². The highest BCUT2D eigenvalue weighted by Crippen LogP contribution is 2.24. The largest absolute Gasteiger partial charge is 0.497 e. The summed E-state index contributed by atoms with van der Waals surface area (Å²) < 4.78 is 56.5. The van der Waals surface area contributed by atoms with Crippen LogP contribution in [0.15, 0.2) is 0 Å². The summed E-state index contributed by atoms with van der Waals surface area (Å²) in [5, 5.41) is 0.791. The maximum atomic E-state index is 11.8. The molecule has 0 aromatic heterocycles. The van der Waals surface area contributed by atoms with Crippen molar-refractivity contribution in [2.24, 2.45) is 0 Å². The molecule has 0 spiro atoms. The van der Waals surface area contributed by atoms with E-state index in [0.717, 1.165) is 18.2 Å². The third-order valence-corrected chi connectivity index (χ3v) is 3.74. The minimum absolute atomic E-state index is 0.0782. The topological polar surface area (TPSA) is 34.1 Å². The van der Waals surface area contributed by atoms with Gasteiger partial charge in [0.25, 0.3) is 0 Å². The molecule has 86 valence electrons. The van der Waals surface area contributed by atoms with Gasteiger partial charge in [0.2, 0.25) is 9.84 Å². The maximum absolute atomic E-state index is 11.8. The van der Waals surface area contributed by atoms with Gasteiger partial charge < -0.3 is 0 Å². The lowest BCUT2D eigenvalue weighted by molar-refractivity contribution is -0.0435. The zero-order valence-corrected chi connectivity index (χ0v) is 9.88. The summed E-state index contributed by atoms with van der Waals surface area (Å²) in [5.74, 6) is -0.793. The molecule has 0 aliphatic heterocycles. The Morgan fingerprint density at radius 3 is 1.93 bits per heavy atom. The molecule has 0 amide bonds. The highest BCUT2D eigenvalue weighted by Gasteiger charge is 2.44. The molecular weight excluding hydrogens is 285 g/mol. The number of halogens is 4. The molecule has 0 saturated heterocycles. The third kappa shape index (κ3) is 5.19. The van der Waals surface area contributed by atoms with Gasteiger partial charge in [0.15, 0.2) is 0 Å². The highest BCUT2D eigenvalue weighted by molar-refractivity contribution is 9.09. The Kier molecular flexibility index (Phi) is 6.04. The molecule has 0 N–H and O–H groups in total. The van der Waals surface area contributed by atoms with Crippen molar-refractivity contribution >= 4 is 25.8 Å². The second-order valence-corrected chi connectivity index (χ2v) is 5.76. The third-order valence-electron chi connectivity index (χ3n) is 1.65. The molecule has 2 nitrogen and oxygen atoms in total. The number of alkyl halides is 4. The predicted octanol–water partition coefficient (Wildman–Crippen LogP) is 2.88. The van der Waals surface area contributed by atoms with Gasteiger partial charge in [0.1, 0.15) is 0 Å². The first-order valence-corrected chi connectivity index (χ1v) is 6.93. The van der Waals surface area contributed by atoms with E-state index in [2.05, 4.69) is 15.9 Å². The van der Waals surface area contributed by atoms with Gasteiger partial charge in [-0.25, -0.2) is 8.42 Å². The molecule has 0 radical (unpaired) electrons. The van der Waals surface area contributed by atoms with Crippen LogP contribution in [-0.4, -0.2) is 25.0 Å². The van der Waals surface area contributed by atoms with Crippen LogP contribution in [0.2, 0.25) is 0 Å². The Morgan fingerprint density at radius 2 is 1.50 bits per heavy atom. The molecule has 0 heterocycles. The SMILES string of the molecule is O=S(=O)(CCCCCCBr)C(F)(F)F. The lowest BCUT2D eigenvalue weighted by Crippen LogP contribution is -2.26. The Hall–Kier alpha value is 0.220. The number of hydrogen-bond donors (Lipinski definition) is 0. The molecular formula is C7H12BrF3O2S. The lowest BCUT2D eigenvalue weighted by atomic mass is 10.2. The quantitative estimate of drug-likeness (QED) is 0.558. The molecule has 0 fully saturated rings. The first-order valence-electron chi connectivity index (χ1n) is 4.16. The van der Waals surface area contributed by atoms with Gasteiger partial charge in [-0.2, -0.15) is 13.2 Å². The van der Waals surface area contributed by atoms with Gasteiger partial charge in [-0.05, 0) is 12.8 Å². The van der Waals surface area contributed by atoms with Crippen molar-refractivity contribution in [2.75, 3.05) is 11.1 Å². The second-order valence-electron chi connectivity index (χ2n) is 2.87. The summed E-state index contributed by atoms with van der Waals surface area (Å²) in [6.45, 7) is 0. The summed E-state index contributed by atoms with van der Waals surface area (Å²) in [6, 6.07) is 0. The first kappa shape index (κ1) is 14.2. The van der Waals surface area contributed by atoms with Crippen molar-refractivity contribution in [3.8, 4) is 0 Å². The molecule has 0 aromatic carbocycles. The van der Waals surface area contributed by atoms with Gasteiger partial charge in [-0.3, -0.25) is 0 Å². The predicted molar refractivity (Wildman–Crippen MR) is 52.1 cm³/mol. The van der Waals surface area contributed by atoms with Crippen molar-refractivity contribution in [1.82, 2.24) is 0 Å². The molecule has 0 unspecified atom stereocenters. The second kappa shape index (κ2) is 5.95. The van der Waals surface area contributed by atoms with Crippen LogP contribution in [0.1, 0.15) is 25.7 Å². The van der Waals surface area contributed by atoms with E-state index in [4.69, 9.17) is 0 Å². The average Bonchev–Trinajstić information content (AvgIpc) is 2.02. The number of rotatable bonds is 6. The first-order chi connectivity index (χ1) is 6.31. The number of unbranched alkanes of at least 4 members (excludes halogenated alkanes) is 3. The van der Waals surface area contributed by atoms with E-state index in [-0.39, 0.29) is 6.42 Å². The molecule has 0 aliphatic rings. The van der Waals surface area contributed by atoms with E-state index in [0.29, 0.717) is 6.42 Å². The standard InChI is InChI=1S/C7H12BrF3O2S/c8-5-3-1-2-4-6-14(12,13)7(9,10)11/h1-6H2. The summed E-state index contributed by atoms with van der Waals surface area (Å²) in [5.41, 5.74) is -5.09. The zero-order chi connectivity index (χ0) is 11.2. The van der Waals surface area contributed by atoms with Gasteiger partial charge in [-0.15, -0.1) is 0 Å². The fraction of sp³-hybridized carbons (Fsp3) is 1.00. The smallest absolute Gasteiger partial charge is 0.220 e. The Labute approximate surface area is 89.9 Å². The van der Waals surface area contributed by atoms with E-state index < -0.39 is 21.1 Å². The summed E-state index contributed by atoms with van der Waals surface area (Å²) in [6.07, 6.45) is 2.19. The van der Waals surface area contributed by atoms with Crippen LogP contribution in [0.4, 0.5) is 13.2 Å². The van der Waals surface area contributed by atoms with Crippen LogP contribution >= 0.6 is 15.9 Å². The summed E-state index contributed by atoms with van der Waals surface area (Å²) >= 11 is 3.17. The molecule has 14 heavy (non-hydrogen) atoms. The molecule has 0 aliphatic carbocycles. The summed E-state index contributed by atoms with van der Waals surface area (Å²) in [7, 11) is -4.90. The van der Waals surface area contributed by atoms with Gasteiger partial charge >= 0.3 is 5.51 Å². The minimum atomic E-state index is -5.09. The lowest BCUT2D eigenvalue weighted by Gasteiger charge is -2.07. The fourth-order valence-electron chi connectivity index (χ4n) is 0.856. The van der Waals surface area contributed by atoms with Crippen LogP contribution in [0.5, 0.6) is 0 Å². The monoisotopic (exact) mass is 296 g/mol. The molecule has 0 saturated carbocycles. The van der Waals surface area contributed by atoms with Crippen LogP contribution in [0, 0.1) is 0 Å². The van der Waals surface area contributed by atoms with Crippen molar-refractivity contribution in [3.05, 3.63) is 0 Å². The average molecular weight is 297 g/mol. The van der Waals surface area contributed by atoms with E-state index >= 15 is 0 Å². The van der Waals surface area contributed by atoms with Crippen LogP contribution < -0.4 is 0 Å². The molecule has 7 heteroatoms. The van der Waals surface area contributed by atoms with E-state index in [9.17, 15) is 21.6 Å². The van der Waals surface area contributed by atoms with Crippen LogP contribution in [0.3, 0.4) is 0 Å². The fourth-order valence-corrected chi connectivity index (χ4v) is 2.07. The van der Waals surface area contributed by atoms with Gasteiger partial charge in [0, 0.05) is 5.33 Å². The van der Waals surface area contributed by atoms with E-state index in [1.807, 2.05) is 0 Å². The Bertz CT molecular complexity index is 248. The maximum Gasteiger partial charge on any atom is 0.497 e. The number of hydrogen-bond acceptors (Lipinski definition) is 2. The zero-order valence-electron chi connectivity index (χ0n) is 7.48. The molecule has 0 atom stereocenters. The van der Waals surface area contributed by atoms with Crippen molar-refractivity contribution in [2.45, 2.75) is 31.2 Å².